The number of nitrogens with one attached hydrogen (secondary N) is 1. The fourth-order valence-electron chi connectivity index (χ4n) is 2.17. The van der Waals surface area contributed by atoms with Crippen LogP contribution in [0.15, 0.2) is 36.4 Å². The van der Waals surface area contributed by atoms with Crippen LogP contribution < -0.4 is 5.32 Å². The minimum atomic E-state index is -1.06. The third-order valence-corrected chi connectivity index (χ3v) is 3.26. The van der Waals surface area contributed by atoms with Crippen molar-refractivity contribution >= 4 is 28.5 Å². The SMILES string of the molecule is CCCN(C)C(=O)Nc1cc2ccccc2cc1C(=O)O. The Morgan fingerprint density at radius 3 is 2.38 bits per heavy atom. The van der Waals surface area contributed by atoms with Gasteiger partial charge in [0.15, 0.2) is 0 Å². The quantitative estimate of drug-likeness (QED) is 0.904. The van der Waals surface area contributed by atoms with Crippen LogP contribution in [-0.2, 0) is 0 Å². The van der Waals surface area contributed by atoms with Gasteiger partial charge in [0.25, 0.3) is 0 Å². The summed E-state index contributed by atoms with van der Waals surface area (Å²) in [5.74, 6) is -1.06. The summed E-state index contributed by atoms with van der Waals surface area (Å²) in [6.45, 7) is 2.59. The highest BCUT2D eigenvalue weighted by molar-refractivity contribution is 6.04. The lowest BCUT2D eigenvalue weighted by Gasteiger charge is -2.18. The normalized spacial score (nSPS) is 10.4. The van der Waals surface area contributed by atoms with Gasteiger partial charge in [-0.05, 0) is 29.3 Å². The molecule has 2 aromatic rings. The Bertz CT molecular complexity index is 682. The lowest BCUT2D eigenvalue weighted by atomic mass is 10.0. The van der Waals surface area contributed by atoms with Crippen LogP contribution in [0.3, 0.4) is 0 Å². The molecule has 0 spiro atoms. The molecule has 0 fully saturated rings. The number of carbonyl (C=O) groups is 2. The van der Waals surface area contributed by atoms with Crippen LogP contribution in [0.5, 0.6) is 0 Å². The van der Waals surface area contributed by atoms with E-state index in [1.165, 1.54) is 4.90 Å². The number of amides is 2. The van der Waals surface area contributed by atoms with Crippen LogP contribution in [0.1, 0.15) is 23.7 Å². The fourth-order valence-corrected chi connectivity index (χ4v) is 2.17. The van der Waals surface area contributed by atoms with Crippen LogP contribution in [-0.4, -0.2) is 35.6 Å². The summed E-state index contributed by atoms with van der Waals surface area (Å²) in [5, 5.41) is 13.7. The van der Waals surface area contributed by atoms with Gasteiger partial charge in [-0.1, -0.05) is 31.2 Å². The van der Waals surface area contributed by atoms with E-state index < -0.39 is 5.97 Å². The van der Waals surface area contributed by atoms with Crippen molar-refractivity contribution in [2.75, 3.05) is 18.9 Å². The van der Waals surface area contributed by atoms with Crippen molar-refractivity contribution in [1.29, 1.82) is 0 Å². The van der Waals surface area contributed by atoms with Crippen molar-refractivity contribution < 1.29 is 14.7 Å². The van der Waals surface area contributed by atoms with Crippen molar-refractivity contribution in [3.63, 3.8) is 0 Å². The molecule has 0 radical (unpaired) electrons. The number of rotatable bonds is 4. The molecule has 0 aliphatic carbocycles. The van der Waals surface area contributed by atoms with E-state index >= 15 is 0 Å². The molecule has 0 aromatic heterocycles. The minimum absolute atomic E-state index is 0.0898. The highest BCUT2D eigenvalue weighted by atomic mass is 16.4. The number of aromatic carboxylic acids is 1. The van der Waals surface area contributed by atoms with Gasteiger partial charge in [0.1, 0.15) is 0 Å². The zero-order valence-electron chi connectivity index (χ0n) is 12.1. The first-order valence-electron chi connectivity index (χ1n) is 6.81. The molecule has 0 bridgehead atoms. The van der Waals surface area contributed by atoms with E-state index in [2.05, 4.69) is 5.32 Å². The first-order chi connectivity index (χ1) is 10.0. The highest BCUT2D eigenvalue weighted by Gasteiger charge is 2.15. The number of urea groups is 1. The summed E-state index contributed by atoms with van der Waals surface area (Å²) in [4.78, 5) is 24.9. The van der Waals surface area contributed by atoms with Gasteiger partial charge in [-0.15, -0.1) is 0 Å². The number of nitrogens with zero attached hydrogens (tertiary/aromatic N) is 1. The summed E-state index contributed by atoms with van der Waals surface area (Å²) in [7, 11) is 1.68. The number of anilines is 1. The van der Waals surface area contributed by atoms with Gasteiger partial charge in [-0.3, -0.25) is 0 Å². The standard InChI is InChI=1S/C16H18N2O3/c1-3-8-18(2)16(21)17-14-10-12-7-5-4-6-11(12)9-13(14)15(19)20/h4-7,9-10H,3,8H2,1-2H3,(H,17,21)(H,19,20). The maximum atomic E-state index is 12.0. The van der Waals surface area contributed by atoms with Crippen molar-refractivity contribution in [3.8, 4) is 0 Å². The van der Waals surface area contributed by atoms with Crippen molar-refractivity contribution in [2.24, 2.45) is 0 Å². The molecule has 21 heavy (non-hydrogen) atoms. The molecule has 0 saturated carbocycles. The molecule has 5 nitrogen and oxygen atoms in total. The predicted molar refractivity (Wildman–Crippen MR) is 82.8 cm³/mol. The number of hydrogen-bond acceptors (Lipinski definition) is 2. The van der Waals surface area contributed by atoms with Crippen LogP contribution in [0.25, 0.3) is 10.8 Å². The molecule has 2 aromatic carbocycles. The number of carboxylic acids is 1. The zero-order chi connectivity index (χ0) is 15.4. The molecule has 0 aliphatic rings. The molecular weight excluding hydrogens is 268 g/mol. The number of benzene rings is 2. The topological polar surface area (TPSA) is 69.6 Å². The van der Waals surface area contributed by atoms with E-state index in [9.17, 15) is 14.7 Å². The zero-order valence-corrected chi connectivity index (χ0v) is 12.1. The van der Waals surface area contributed by atoms with Crippen molar-refractivity contribution in [1.82, 2.24) is 4.90 Å². The second-order valence-corrected chi connectivity index (χ2v) is 4.90. The van der Waals surface area contributed by atoms with E-state index in [4.69, 9.17) is 0 Å². The Hall–Kier alpha value is -2.56. The number of hydrogen-bond donors (Lipinski definition) is 2. The van der Waals surface area contributed by atoms with Crippen molar-refractivity contribution in [2.45, 2.75) is 13.3 Å². The molecule has 2 amide bonds. The molecule has 2 N–H and O–H groups in total. The minimum Gasteiger partial charge on any atom is -0.478 e. The summed E-state index contributed by atoms with van der Waals surface area (Å²) in [6.07, 6.45) is 0.841. The van der Waals surface area contributed by atoms with E-state index in [0.29, 0.717) is 12.2 Å². The average molecular weight is 286 g/mol. The van der Waals surface area contributed by atoms with Crippen LogP contribution in [0.4, 0.5) is 10.5 Å². The molecule has 0 heterocycles. The maximum absolute atomic E-state index is 12.0. The van der Waals surface area contributed by atoms with Gasteiger partial charge < -0.3 is 15.3 Å². The first kappa shape index (κ1) is 14.8. The van der Waals surface area contributed by atoms with Gasteiger partial charge in [-0.2, -0.15) is 0 Å². The van der Waals surface area contributed by atoms with Gasteiger partial charge in [0, 0.05) is 13.6 Å². The van der Waals surface area contributed by atoms with Crippen LogP contribution in [0, 0.1) is 0 Å². The lowest BCUT2D eigenvalue weighted by molar-refractivity contribution is 0.0698. The smallest absolute Gasteiger partial charge is 0.337 e. The second kappa shape index (κ2) is 6.26. The number of fused-ring (bicyclic) bond motifs is 1. The molecule has 5 heteroatoms. The molecule has 0 atom stereocenters. The average Bonchev–Trinajstić information content (AvgIpc) is 2.46. The largest absolute Gasteiger partial charge is 0.478 e. The van der Waals surface area contributed by atoms with Crippen LogP contribution >= 0.6 is 0 Å². The Kier molecular flexibility index (Phi) is 4.42. The molecule has 0 unspecified atom stereocenters. The molecule has 2 rings (SSSR count). The Labute approximate surface area is 123 Å². The monoisotopic (exact) mass is 286 g/mol. The van der Waals surface area contributed by atoms with Crippen molar-refractivity contribution in [3.05, 3.63) is 42.0 Å². The molecule has 0 aliphatic heterocycles. The Morgan fingerprint density at radius 2 is 1.81 bits per heavy atom. The van der Waals surface area contributed by atoms with E-state index in [0.717, 1.165) is 17.2 Å². The van der Waals surface area contributed by atoms with E-state index in [1.54, 1.807) is 19.2 Å². The van der Waals surface area contributed by atoms with Gasteiger partial charge >= 0.3 is 12.0 Å². The first-order valence-corrected chi connectivity index (χ1v) is 6.81. The highest BCUT2D eigenvalue weighted by Crippen LogP contribution is 2.24. The summed E-state index contributed by atoms with van der Waals surface area (Å²) < 4.78 is 0. The molecule has 110 valence electrons. The second-order valence-electron chi connectivity index (χ2n) is 4.90. The van der Waals surface area contributed by atoms with Gasteiger partial charge in [-0.25, -0.2) is 9.59 Å². The summed E-state index contributed by atoms with van der Waals surface area (Å²) >= 11 is 0. The van der Waals surface area contributed by atoms with Gasteiger partial charge in [0.05, 0.1) is 11.3 Å². The number of carbonyl (C=O) groups excluding carboxylic acids is 1. The third kappa shape index (κ3) is 3.31. The van der Waals surface area contributed by atoms with E-state index in [-0.39, 0.29) is 11.6 Å². The number of carboxylic acid groups (broad SMARTS) is 1. The predicted octanol–water partition coefficient (Wildman–Crippen LogP) is 3.41. The van der Waals surface area contributed by atoms with Gasteiger partial charge in [0.2, 0.25) is 0 Å². The Balaban J connectivity index is 2.39. The van der Waals surface area contributed by atoms with E-state index in [1.807, 2.05) is 31.2 Å². The summed E-state index contributed by atoms with van der Waals surface area (Å²) in [5.41, 5.74) is 0.404. The van der Waals surface area contributed by atoms with Crippen LogP contribution in [0.2, 0.25) is 0 Å². The third-order valence-electron chi connectivity index (χ3n) is 3.26. The molecular formula is C16H18N2O3. The Morgan fingerprint density at radius 1 is 1.19 bits per heavy atom. The maximum Gasteiger partial charge on any atom is 0.337 e. The molecule has 0 saturated heterocycles. The lowest BCUT2D eigenvalue weighted by Crippen LogP contribution is -2.32. The summed E-state index contributed by atoms with van der Waals surface area (Å²) in [6, 6.07) is 10.4. The fraction of sp³-hybridized carbons (Fsp3) is 0.250.